The standard InChI is InChI=1S/C19H17F3N4O2/c20-19(21,22)15-3-1-2-4-16(15)28-13-18(27)26-9-7-25(8-10-26)17-11-14(12-23)5-6-24-17/h1-6,11H,7-10,13H2. The van der Waals surface area contributed by atoms with Crippen molar-refractivity contribution in [1.29, 1.82) is 5.26 Å². The van der Waals surface area contributed by atoms with Gasteiger partial charge < -0.3 is 14.5 Å². The van der Waals surface area contributed by atoms with Crippen molar-refractivity contribution in [2.45, 2.75) is 6.18 Å². The number of ether oxygens (including phenoxy) is 1. The van der Waals surface area contributed by atoms with Crippen molar-refractivity contribution in [2.75, 3.05) is 37.7 Å². The van der Waals surface area contributed by atoms with Crippen LogP contribution in [-0.2, 0) is 11.0 Å². The summed E-state index contributed by atoms with van der Waals surface area (Å²) in [6.45, 7) is 1.33. The number of piperazine rings is 1. The molecular formula is C19H17F3N4O2. The first-order valence-electron chi connectivity index (χ1n) is 8.56. The monoisotopic (exact) mass is 390 g/mol. The highest BCUT2D eigenvalue weighted by atomic mass is 19.4. The molecule has 0 unspecified atom stereocenters. The fourth-order valence-electron chi connectivity index (χ4n) is 2.90. The number of amides is 1. The van der Waals surface area contributed by atoms with Crippen molar-refractivity contribution in [3.05, 3.63) is 53.7 Å². The number of hydrogen-bond acceptors (Lipinski definition) is 5. The van der Waals surface area contributed by atoms with Gasteiger partial charge in [0.2, 0.25) is 0 Å². The predicted molar refractivity (Wildman–Crippen MR) is 94.7 cm³/mol. The number of benzene rings is 1. The Morgan fingerprint density at radius 2 is 1.89 bits per heavy atom. The lowest BCUT2D eigenvalue weighted by Crippen LogP contribution is -2.50. The van der Waals surface area contributed by atoms with Gasteiger partial charge in [-0.3, -0.25) is 4.79 Å². The van der Waals surface area contributed by atoms with Crippen LogP contribution in [0.2, 0.25) is 0 Å². The minimum atomic E-state index is -4.55. The maximum absolute atomic E-state index is 13.0. The van der Waals surface area contributed by atoms with Gasteiger partial charge in [-0.2, -0.15) is 18.4 Å². The van der Waals surface area contributed by atoms with Crippen molar-refractivity contribution >= 4 is 11.7 Å². The molecule has 146 valence electrons. The topological polar surface area (TPSA) is 69.5 Å². The molecule has 1 aliphatic rings. The number of alkyl halides is 3. The number of pyridine rings is 1. The molecule has 9 heteroatoms. The highest BCUT2D eigenvalue weighted by molar-refractivity contribution is 5.78. The van der Waals surface area contributed by atoms with Crippen LogP contribution in [0.5, 0.6) is 5.75 Å². The van der Waals surface area contributed by atoms with E-state index in [0.29, 0.717) is 37.6 Å². The summed E-state index contributed by atoms with van der Waals surface area (Å²) in [7, 11) is 0. The molecule has 0 radical (unpaired) electrons. The maximum Gasteiger partial charge on any atom is 0.419 e. The second-order valence-electron chi connectivity index (χ2n) is 6.16. The molecule has 0 aliphatic carbocycles. The van der Waals surface area contributed by atoms with E-state index < -0.39 is 18.3 Å². The molecule has 1 aliphatic heterocycles. The molecule has 1 aromatic carbocycles. The lowest BCUT2D eigenvalue weighted by Gasteiger charge is -2.35. The Morgan fingerprint density at radius 3 is 2.57 bits per heavy atom. The summed E-state index contributed by atoms with van der Waals surface area (Å²) in [6.07, 6.45) is -2.99. The zero-order valence-corrected chi connectivity index (χ0v) is 14.8. The quantitative estimate of drug-likeness (QED) is 0.803. The Bertz CT molecular complexity index is 887. The predicted octanol–water partition coefficient (Wildman–Crippen LogP) is 2.70. The molecule has 1 fully saturated rings. The average molecular weight is 390 g/mol. The Balaban J connectivity index is 1.56. The van der Waals surface area contributed by atoms with Crippen LogP contribution < -0.4 is 9.64 Å². The first kappa shape index (κ1) is 19.5. The van der Waals surface area contributed by atoms with E-state index in [2.05, 4.69) is 11.1 Å². The molecule has 0 spiro atoms. The van der Waals surface area contributed by atoms with E-state index in [9.17, 15) is 18.0 Å². The molecule has 1 saturated heterocycles. The van der Waals surface area contributed by atoms with Crippen molar-refractivity contribution in [3.63, 3.8) is 0 Å². The number of nitriles is 1. The van der Waals surface area contributed by atoms with Gasteiger partial charge >= 0.3 is 6.18 Å². The average Bonchev–Trinajstić information content (AvgIpc) is 2.71. The number of halogens is 3. The number of anilines is 1. The summed E-state index contributed by atoms with van der Waals surface area (Å²) in [5.41, 5.74) is -0.406. The van der Waals surface area contributed by atoms with Gasteiger partial charge in [0.15, 0.2) is 6.61 Å². The molecule has 0 atom stereocenters. The highest BCUT2D eigenvalue weighted by Gasteiger charge is 2.34. The van der Waals surface area contributed by atoms with Crippen LogP contribution in [0.4, 0.5) is 19.0 Å². The van der Waals surface area contributed by atoms with E-state index in [0.717, 1.165) is 6.07 Å². The van der Waals surface area contributed by atoms with Crippen molar-refractivity contribution < 1.29 is 22.7 Å². The van der Waals surface area contributed by atoms with E-state index in [4.69, 9.17) is 10.00 Å². The van der Waals surface area contributed by atoms with E-state index in [1.165, 1.54) is 18.2 Å². The Kier molecular flexibility index (Phi) is 5.68. The normalized spacial score (nSPS) is 14.5. The van der Waals surface area contributed by atoms with Crippen LogP contribution in [0.1, 0.15) is 11.1 Å². The number of carbonyl (C=O) groups excluding carboxylic acids is 1. The van der Waals surface area contributed by atoms with Gasteiger partial charge in [-0.05, 0) is 24.3 Å². The van der Waals surface area contributed by atoms with Crippen molar-refractivity contribution in [2.24, 2.45) is 0 Å². The van der Waals surface area contributed by atoms with Gasteiger partial charge in [-0.1, -0.05) is 12.1 Å². The van der Waals surface area contributed by atoms with Gasteiger partial charge in [-0.25, -0.2) is 4.98 Å². The first-order chi connectivity index (χ1) is 13.4. The fourth-order valence-corrected chi connectivity index (χ4v) is 2.90. The smallest absolute Gasteiger partial charge is 0.419 e. The van der Waals surface area contributed by atoms with Gasteiger partial charge in [0.25, 0.3) is 5.91 Å². The lowest BCUT2D eigenvalue weighted by molar-refractivity contribution is -0.141. The van der Waals surface area contributed by atoms with E-state index >= 15 is 0 Å². The minimum absolute atomic E-state index is 0.362. The number of nitrogens with zero attached hydrogens (tertiary/aromatic N) is 4. The van der Waals surface area contributed by atoms with E-state index in [-0.39, 0.29) is 11.7 Å². The zero-order chi connectivity index (χ0) is 20.1. The fraction of sp³-hybridized carbons (Fsp3) is 0.316. The molecule has 6 nitrogen and oxygen atoms in total. The summed E-state index contributed by atoms with van der Waals surface area (Å²) >= 11 is 0. The summed E-state index contributed by atoms with van der Waals surface area (Å²) in [5.74, 6) is -0.0867. The van der Waals surface area contributed by atoms with Crippen LogP contribution in [0.15, 0.2) is 42.6 Å². The molecular weight excluding hydrogens is 373 g/mol. The SMILES string of the molecule is N#Cc1ccnc(N2CCN(C(=O)COc3ccccc3C(F)(F)F)CC2)c1. The maximum atomic E-state index is 13.0. The minimum Gasteiger partial charge on any atom is -0.483 e. The molecule has 28 heavy (non-hydrogen) atoms. The first-order valence-corrected chi connectivity index (χ1v) is 8.56. The summed E-state index contributed by atoms with van der Waals surface area (Å²) in [6, 6.07) is 10.1. The largest absolute Gasteiger partial charge is 0.483 e. The molecule has 3 rings (SSSR count). The second-order valence-corrected chi connectivity index (χ2v) is 6.16. The van der Waals surface area contributed by atoms with Gasteiger partial charge in [-0.15, -0.1) is 0 Å². The molecule has 1 amide bonds. The van der Waals surface area contributed by atoms with Crippen LogP contribution in [-0.4, -0.2) is 48.6 Å². The summed E-state index contributed by atoms with van der Waals surface area (Å²) < 4.78 is 44.1. The van der Waals surface area contributed by atoms with E-state index in [1.54, 1.807) is 23.2 Å². The number of rotatable bonds is 4. The van der Waals surface area contributed by atoms with Crippen LogP contribution >= 0.6 is 0 Å². The molecule has 0 bridgehead atoms. The molecule has 2 heterocycles. The molecule has 0 N–H and O–H groups in total. The molecule has 2 aromatic rings. The third-order valence-corrected chi connectivity index (χ3v) is 4.37. The zero-order valence-electron chi connectivity index (χ0n) is 14.8. The Morgan fingerprint density at radius 1 is 1.18 bits per heavy atom. The van der Waals surface area contributed by atoms with Gasteiger partial charge in [0, 0.05) is 32.4 Å². The molecule has 0 saturated carbocycles. The number of aromatic nitrogens is 1. The van der Waals surface area contributed by atoms with Gasteiger partial charge in [0.05, 0.1) is 17.2 Å². The second kappa shape index (κ2) is 8.17. The number of para-hydroxylation sites is 1. The van der Waals surface area contributed by atoms with Crippen LogP contribution in [0.25, 0.3) is 0 Å². The summed E-state index contributed by atoms with van der Waals surface area (Å²) in [5, 5.41) is 8.96. The number of hydrogen-bond donors (Lipinski definition) is 0. The number of carbonyl (C=O) groups is 1. The van der Waals surface area contributed by atoms with E-state index in [1.807, 2.05) is 4.90 Å². The highest BCUT2D eigenvalue weighted by Crippen LogP contribution is 2.35. The van der Waals surface area contributed by atoms with Crippen molar-refractivity contribution in [1.82, 2.24) is 9.88 Å². The summed E-state index contributed by atoms with van der Waals surface area (Å²) in [4.78, 5) is 20.0. The van der Waals surface area contributed by atoms with Crippen molar-refractivity contribution in [3.8, 4) is 11.8 Å². The Labute approximate surface area is 159 Å². The lowest BCUT2D eigenvalue weighted by atomic mass is 10.2. The third kappa shape index (κ3) is 4.52. The van der Waals surface area contributed by atoms with Crippen LogP contribution in [0, 0.1) is 11.3 Å². The van der Waals surface area contributed by atoms with Crippen LogP contribution in [0.3, 0.4) is 0 Å². The molecule has 1 aromatic heterocycles. The third-order valence-electron chi connectivity index (χ3n) is 4.37. The van der Waals surface area contributed by atoms with Gasteiger partial charge in [0.1, 0.15) is 11.6 Å². The Hall–Kier alpha value is -3.28.